The van der Waals surface area contributed by atoms with E-state index in [0.29, 0.717) is 12.0 Å². The van der Waals surface area contributed by atoms with Crippen LogP contribution in [0.5, 0.6) is 0 Å². The zero-order chi connectivity index (χ0) is 12.3. The van der Waals surface area contributed by atoms with E-state index in [1.807, 2.05) is 7.05 Å². The molecule has 0 aliphatic heterocycles. The lowest BCUT2D eigenvalue weighted by molar-refractivity contribution is 0.318. The number of nitrogens with one attached hydrogen (secondary N) is 1. The molecule has 0 saturated heterocycles. The van der Waals surface area contributed by atoms with Crippen molar-refractivity contribution in [1.82, 2.24) is 15.5 Å². The molecule has 0 radical (unpaired) electrons. The van der Waals surface area contributed by atoms with Crippen LogP contribution in [-0.4, -0.2) is 23.2 Å². The molecular weight excluding hydrogens is 214 g/mol. The Hall–Kier alpha value is -0.900. The van der Waals surface area contributed by atoms with E-state index in [2.05, 4.69) is 29.3 Å². The molecule has 2 rings (SSSR count). The fraction of sp³-hybridized carbons (Fsp3) is 0.846. The number of hydrogen-bond donors (Lipinski definition) is 1. The van der Waals surface area contributed by atoms with Gasteiger partial charge in [0.05, 0.1) is 0 Å². The second kappa shape index (κ2) is 5.63. The van der Waals surface area contributed by atoms with E-state index in [9.17, 15) is 0 Å². The zero-order valence-electron chi connectivity index (χ0n) is 11.1. The molecule has 4 heteroatoms. The third-order valence-corrected chi connectivity index (χ3v) is 3.76. The molecule has 3 atom stereocenters. The van der Waals surface area contributed by atoms with Gasteiger partial charge in [0.2, 0.25) is 5.89 Å². The Bertz CT molecular complexity index is 350. The molecule has 1 aliphatic rings. The average molecular weight is 237 g/mol. The van der Waals surface area contributed by atoms with Gasteiger partial charge in [0.25, 0.3) is 0 Å². The topological polar surface area (TPSA) is 51.0 Å². The summed E-state index contributed by atoms with van der Waals surface area (Å²) in [6, 6.07) is 0.383. The predicted molar refractivity (Wildman–Crippen MR) is 66.9 cm³/mol. The van der Waals surface area contributed by atoms with Gasteiger partial charge in [-0.3, -0.25) is 0 Å². The highest BCUT2D eigenvalue weighted by molar-refractivity contribution is 4.98. The van der Waals surface area contributed by atoms with Crippen LogP contribution in [0.3, 0.4) is 0 Å². The Kier molecular flexibility index (Phi) is 4.15. The van der Waals surface area contributed by atoms with Crippen LogP contribution < -0.4 is 5.32 Å². The van der Waals surface area contributed by atoms with Crippen molar-refractivity contribution >= 4 is 0 Å². The highest BCUT2D eigenvalue weighted by atomic mass is 16.5. The highest BCUT2D eigenvalue weighted by Gasteiger charge is 2.24. The van der Waals surface area contributed by atoms with Gasteiger partial charge in [0.1, 0.15) is 0 Å². The summed E-state index contributed by atoms with van der Waals surface area (Å²) in [6.07, 6.45) is 5.87. The lowest BCUT2D eigenvalue weighted by atomic mass is 9.82. The first-order valence-corrected chi connectivity index (χ1v) is 6.68. The molecule has 3 unspecified atom stereocenters. The fourth-order valence-corrected chi connectivity index (χ4v) is 2.55. The van der Waals surface area contributed by atoms with Gasteiger partial charge in [-0.1, -0.05) is 24.9 Å². The van der Waals surface area contributed by atoms with Crippen LogP contribution in [0.15, 0.2) is 4.52 Å². The summed E-state index contributed by atoms with van der Waals surface area (Å²) in [4.78, 5) is 4.54. The summed E-state index contributed by atoms with van der Waals surface area (Å²) in [7, 11) is 1.95. The van der Waals surface area contributed by atoms with Crippen molar-refractivity contribution in [1.29, 1.82) is 0 Å². The molecule has 1 fully saturated rings. The Labute approximate surface area is 103 Å². The van der Waals surface area contributed by atoms with Crippen LogP contribution in [0.1, 0.15) is 57.2 Å². The average Bonchev–Trinajstić information content (AvgIpc) is 2.77. The van der Waals surface area contributed by atoms with Crippen molar-refractivity contribution in [3.8, 4) is 0 Å². The number of likely N-dealkylation sites (N-methyl/N-ethyl adjacent to an activating group) is 1. The molecule has 0 bridgehead atoms. The van der Waals surface area contributed by atoms with Gasteiger partial charge in [0.15, 0.2) is 5.82 Å². The maximum Gasteiger partial charge on any atom is 0.228 e. The van der Waals surface area contributed by atoms with Gasteiger partial charge in [-0.25, -0.2) is 0 Å². The van der Waals surface area contributed by atoms with Crippen molar-refractivity contribution in [2.45, 2.75) is 57.9 Å². The van der Waals surface area contributed by atoms with Crippen molar-refractivity contribution < 1.29 is 4.52 Å². The van der Waals surface area contributed by atoms with Gasteiger partial charge < -0.3 is 9.84 Å². The number of rotatable bonds is 4. The second-order valence-electron chi connectivity index (χ2n) is 5.41. The Morgan fingerprint density at radius 3 is 3.00 bits per heavy atom. The first-order chi connectivity index (χ1) is 8.19. The molecule has 17 heavy (non-hydrogen) atoms. The Balaban J connectivity index is 1.97. The fourth-order valence-electron chi connectivity index (χ4n) is 2.55. The minimum absolute atomic E-state index is 0.383. The number of aromatic nitrogens is 2. The lowest BCUT2D eigenvalue weighted by Gasteiger charge is -2.23. The summed E-state index contributed by atoms with van der Waals surface area (Å²) in [5.41, 5.74) is 0. The zero-order valence-corrected chi connectivity index (χ0v) is 11.1. The van der Waals surface area contributed by atoms with Crippen molar-refractivity contribution in [3.63, 3.8) is 0 Å². The molecular formula is C13H23N3O. The SMILES string of the molecule is CNC(C)Cc1nc(C2CCCC(C)C2)no1. The second-order valence-corrected chi connectivity index (χ2v) is 5.41. The van der Waals surface area contributed by atoms with E-state index in [1.54, 1.807) is 0 Å². The van der Waals surface area contributed by atoms with E-state index >= 15 is 0 Å². The summed E-state index contributed by atoms with van der Waals surface area (Å²) < 4.78 is 5.32. The van der Waals surface area contributed by atoms with E-state index < -0.39 is 0 Å². The van der Waals surface area contributed by atoms with E-state index in [4.69, 9.17) is 4.52 Å². The van der Waals surface area contributed by atoms with Gasteiger partial charge in [-0.05, 0) is 32.7 Å². The van der Waals surface area contributed by atoms with Gasteiger partial charge in [-0.15, -0.1) is 0 Å². The van der Waals surface area contributed by atoms with Crippen LogP contribution in [-0.2, 0) is 6.42 Å². The smallest absolute Gasteiger partial charge is 0.228 e. The molecule has 1 aliphatic carbocycles. The van der Waals surface area contributed by atoms with Crippen LogP contribution in [0.4, 0.5) is 0 Å². The van der Waals surface area contributed by atoms with Gasteiger partial charge >= 0.3 is 0 Å². The molecule has 1 N–H and O–H groups in total. The van der Waals surface area contributed by atoms with Crippen molar-refractivity contribution in [2.24, 2.45) is 5.92 Å². The van der Waals surface area contributed by atoms with E-state index in [0.717, 1.165) is 24.1 Å². The van der Waals surface area contributed by atoms with E-state index in [-0.39, 0.29) is 0 Å². The largest absolute Gasteiger partial charge is 0.339 e. The molecule has 1 aromatic rings. The Morgan fingerprint density at radius 1 is 1.47 bits per heavy atom. The van der Waals surface area contributed by atoms with Crippen LogP contribution in [0.2, 0.25) is 0 Å². The summed E-state index contributed by atoms with van der Waals surface area (Å²) in [5, 5.41) is 7.33. The minimum Gasteiger partial charge on any atom is -0.339 e. The summed E-state index contributed by atoms with van der Waals surface area (Å²) in [6.45, 7) is 4.43. The maximum atomic E-state index is 5.32. The number of nitrogens with zero attached hydrogens (tertiary/aromatic N) is 2. The van der Waals surface area contributed by atoms with E-state index in [1.165, 1.54) is 25.7 Å². The van der Waals surface area contributed by atoms with Crippen LogP contribution in [0.25, 0.3) is 0 Å². The standard InChI is InChI=1S/C13H23N3O/c1-9-5-4-6-11(7-9)13-15-12(17-16-13)8-10(2)14-3/h9-11,14H,4-8H2,1-3H3. The first-order valence-electron chi connectivity index (χ1n) is 6.68. The van der Waals surface area contributed by atoms with Crippen molar-refractivity contribution in [2.75, 3.05) is 7.05 Å². The Morgan fingerprint density at radius 2 is 2.29 bits per heavy atom. The molecule has 1 aromatic heterocycles. The predicted octanol–water partition coefficient (Wildman–Crippen LogP) is 2.51. The third kappa shape index (κ3) is 3.28. The molecule has 0 aromatic carbocycles. The molecule has 0 spiro atoms. The van der Waals surface area contributed by atoms with Gasteiger partial charge in [0, 0.05) is 18.4 Å². The number of hydrogen-bond acceptors (Lipinski definition) is 4. The molecule has 1 heterocycles. The normalized spacial score (nSPS) is 27.0. The van der Waals surface area contributed by atoms with Crippen LogP contribution in [0, 0.1) is 5.92 Å². The minimum atomic E-state index is 0.383. The molecule has 1 saturated carbocycles. The maximum absolute atomic E-state index is 5.32. The third-order valence-electron chi connectivity index (χ3n) is 3.76. The summed E-state index contributed by atoms with van der Waals surface area (Å²) >= 11 is 0. The quantitative estimate of drug-likeness (QED) is 0.874. The molecule has 96 valence electrons. The van der Waals surface area contributed by atoms with Crippen molar-refractivity contribution in [3.05, 3.63) is 11.7 Å². The van der Waals surface area contributed by atoms with Crippen LogP contribution >= 0.6 is 0 Å². The van der Waals surface area contributed by atoms with Gasteiger partial charge in [-0.2, -0.15) is 4.98 Å². The first kappa shape index (κ1) is 12.6. The highest BCUT2D eigenvalue weighted by Crippen LogP contribution is 2.34. The summed E-state index contributed by atoms with van der Waals surface area (Å²) in [5.74, 6) is 3.00. The lowest BCUT2D eigenvalue weighted by Crippen LogP contribution is -2.23. The molecule has 4 nitrogen and oxygen atoms in total. The monoisotopic (exact) mass is 237 g/mol. The molecule has 0 amide bonds.